The highest BCUT2D eigenvalue weighted by Crippen LogP contribution is 2.22. The zero-order valence-electron chi connectivity index (χ0n) is 12.4. The van der Waals surface area contributed by atoms with Crippen molar-refractivity contribution in [2.75, 3.05) is 19.6 Å². The van der Waals surface area contributed by atoms with Gasteiger partial charge < -0.3 is 14.9 Å². The molecule has 1 aliphatic rings. The van der Waals surface area contributed by atoms with Crippen LogP contribution >= 0.6 is 0 Å². The highest BCUT2D eigenvalue weighted by atomic mass is 16.4. The first kappa shape index (κ1) is 15.8. The lowest BCUT2D eigenvalue weighted by Crippen LogP contribution is -2.52. The van der Waals surface area contributed by atoms with Crippen LogP contribution in [0.1, 0.15) is 40.5 Å². The van der Waals surface area contributed by atoms with E-state index in [-0.39, 0.29) is 18.6 Å². The predicted molar refractivity (Wildman–Crippen MR) is 74.0 cm³/mol. The third-order valence-corrected chi connectivity index (χ3v) is 3.93. The van der Waals surface area contributed by atoms with Crippen molar-refractivity contribution < 1.29 is 14.7 Å². The number of aliphatic carboxylic acids is 1. The van der Waals surface area contributed by atoms with Gasteiger partial charge in [0.15, 0.2) is 0 Å². The van der Waals surface area contributed by atoms with Crippen LogP contribution in [0.3, 0.4) is 0 Å². The molecule has 0 spiro atoms. The summed E-state index contributed by atoms with van der Waals surface area (Å²) in [6.45, 7) is 9.36. The quantitative estimate of drug-likeness (QED) is 0.852. The van der Waals surface area contributed by atoms with Gasteiger partial charge in [-0.25, -0.2) is 4.79 Å². The predicted octanol–water partition coefficient (Wildman–Crippen LogP) is 2.27. The number of hydrogen-bond acceptors (Lipinski definition) is 2. The molecule has 1 heterocycles. The van der Waals surface area contributed by atoms with Gasteiger partial charge in [0.25, 0.3) is 0 Å². The third kappa shape index (κ3) is 4.11. The molecule has 110 valence electrons. The van der Waals surface area contributed by atoms with Gasteiger partial charge in [-0.05, 0) is 32.6 Å². The monoisotopic (exact) mass is 270 g/mol. The molecule has 1 aliphatic heterocycles. The smallest absolute Gasteiger partial charge is 0.320 e. The zero-order chi connectivity index (χ0) is 14.6. The fraction of sp³-hybridized carbons (Fsp3) is 0.857. The number of nitrogens with zero attached hydrogens (tertiary/aromatic N) is 2. The average molecular weight is 270 g/mol. The number of carbonyl (C=O) groups is 2. The minimum absolute atomic E-state index is 0.0188. The van der Waals surface area contributed by atoms with E-state index in [1.54, 1.807) is 11.8 Å². The van der Waals surface area contributed by atoms with Crippen LogP contribution in [0.2, 0.25) is 0 Å². The standard InChI is InChI=1S/C14H26N2O3/c1-5-15(9-11(3)13(17)18)14(19)16-8-10(2)6-7-12(16)4/h10-12H,5-9H2,1-4H3,(H,17,18). The summed E-state index contributed by atoms with van der Waals surface area (Å²) in [6.07, 6.45) is 2.18. The molecule has 0 saturated carbocycles. The Morgan fingerprint density at radius 3 is 2.53 bits per heavy atom. The molecule has 0 aromatic rings. The van der Waals surface area contributed by atoms with Crippen molar-refractivity contribution in [2.24, 2.45) is 11.8 Å². The van der Waals surface area contributed by atoms with E-state index in [9.17, 15) is 9.59 Å². The topological polar surface area (TPSA) is 60.9 Å². The molecule has 2 amide bonds. The molecule has 3 atom stereocenters. The zero-order valence-corrected chi connectivity index (χ0v) is 12.4. The van der Waals surface area contributed by atoms with E-state index in [0.29, 0.717) is 12.5 Å². The van der Waals surface area contributed by atoms with Crippen LogP contribution in [0.5, 0.6) is 0 Å². The number of carbonyl (C=O) groups excluding carboxylic acids is 1. The van der Waals surface area contributed by atoms with Crippen LogP contribution in [0.25, 0.3) is 0 Å². The molecule has 0 radical (unpaired) electrons. The second kappa shape index (κ2) is 6.78. The van der Waals surface area contributed by atoms with Crippen molar-refractivity contribution >= 4 is 12.0 Å². The van der Waals surface area contributed by atoms with Gasteiger partial charge >= 0.3 is 12.0 Å². The maximum Gasteiger partial charge on any atom is 0.320 e. The van der Waals surface area contributed by atoms with Crippen molar-refractivity contribution in [3.8, 4) is 0 Å². The first-order chi connectivity index (χ1) is 8.86. The van der Waals surface area contributed by atoms with Crippen molar-refractivity contribution in [3.63, 3.8) is 0 Å². The lowest BCUT2D eigenvalue weighted by molar-refractivity contribution is -0.141. The summed E-state index contributed by atoms with van der Waals surface area (Å²) in [7, 11) is 0. The lowest BCUT2D eigenvalue weighted by Gasteiger charge is -2.40. The summed E-state index contributed by atoms with van der Waals surface area (Å²) in [5.74, 6) is -0.858. The first-order valence-corrected chi connectivity index (χ1v) is 7.15. The molecule has 1 rings (SSSR count). The van der Waals surface area contributed by atoms with E-state index in [1.165, 1.54) is 0 Å². The summed E-state index contributed by atoms with van der Waals surface area (Å²) < 4.78 is 0. The Morgan fingerprint density at radius 1 is 1.37 bits per heavy atom. The van der Waals surface area contributed by atoms with Crippen LogP contribution in [-0.4, -0.2) is 52.6 Å². The maximum atomic E-state index is 12.5. The van der Waals surface area contributed by atoms with Crippen LogP contribution in [0, 0.1) is 11.8 Å². The van der Waals surface area contributed by atoms with Crippen LogP contribution in [0.15, 0.2) is 0 Å². The van der Waals surface area contributed by atoms with E-state index in [1.807, 2.05) is 11.8 Å². The van der Waals surface area contributed by atoms with E-state index < -0.39 is 11.9 Å². The summed E-state index contributed by atoms with van der Waals surface area (Å²) in [6, 6.07) is 0.229. The Balaban J connectivity index is 2.69. The molecular weight excluding hydrogens is 244 g/mol. The molecule has 1 saturated heterocycles. The summed E-state index contributed by atoms with van der Waals surface area (Å²) >= 11 is 0. The Labute approximate surface area is 115 Å². The summed E-state index contributed by atoms with van der Waals surface area (Å²) in [4.78, 5) is 27.0. The molecule has 3 unspecified atom stereocenters. The fourth-order valence-corrected chi connectivity index (χ4v) is 2.49. The van der Waals surface area contributed by atoms with Crippen molar-refractivity contribution in [2.45, 2.75) is 46.6 Å². The van der Waals surface area contributed by atoms with Crippen molar-refractivity contribution in [3.05, 3.63) is 0 Å². The van der Waals surface area contributed by atoms with Crippen LogP contribution in [0.4, 0.5) is 4.79 Å². The van der Waals surface area contributed by atoms with Gasteiger partial charge in [0.2, 0.25) is 0 Å². The first-order valence-electron chi connectivity index (χ1n) is 7.15. The number of piperidine rings is 1. The molecule has 1 fully saturated rings. The van der Waals surface area contributed by atoms with Gasteiger partial charge in [-0.3, -0.25) is 4.79 Å². The molecule has 1 N–H and O–H groups in total. The minimum Gasteiger partial charge on any atom is -0.481 e. The number of carboxylic acid groups (broad SMARTS) is 1. The van der Waals surface area contributed by atoms with Gasteiger partial charge in [0.05, 0.1) is 5.92 Å². The molecular formula is C14H26N2O3. The molecule has 5 heteroatoms. The Kier molecular flexibility index (Phi) is 5.63. The van der Waals surface area contributed by atoms with E-state index in [4.69, 9.17) is 5.11 Å². The lowest BCUT2D eigenvalue weighted by atomic mass is 9.95. The number of carboxylic acids is 1. The van der Waals surface area contributed by atoms with Gasteiger partial charge in [-0.1, -0.05) is 13.8 Å². The van der Waals surface area contributed by atoms with Gasteiger partial charge in [0, 0.05) is 25.7 Å². The van der Waals surface area contributed by atoms with Gasteiger partial charge in [-0.2, -0.15) is 0 Å². The molecule has 5 nitrogen and oxygen atoms in total. The maximum absolute atomic E-state index is 12.5. The Hall–Kier alpha value is -1.26. The number of rotatable bonds is 4. The highest BCUT2D eigenvalue weighted by Gasteiger charge is 2.30. The Bertz CT molecular complexity index is 333. The van der Waals surface area contributed by atoms with Crippen molar-refractivity contribution in [1.82, 2.24) is 9.80 Å². The molecule has 0 aromatic carbocycles. The van der Waals surface area contributed by atoms with E-state index in [2.05, 4.69) is 13.8 Å². The second-order valence-electron chi connectivity index (χ2n) is 5.74. The van der Waals surface area contributed by atoms with Crippen molar-refractivity contribution in [1.29, 1.82) is 0 Å². The summed E-state index contributed by atoms with van der Waals surface area (Å²) in [5, 5.41) is 8.96. The molecule has 0 aromatic heterocycles. The molecule has 0 bridgehead atoms. The van der Waals surface area contributed by atoms with E-state index in [0.717, 1.165) is 19.4 Å². The SMILES string of the molecule is CCN(CC(C)C(=O)O)C(=O)N1CC(C)CCC1C. The van der Waals surface area contributed by atoms with E-state index >= 15 is 0 Å². The number of likely N-dealkylation sites (tertiary alicyclic amines) is 1. The molecule has 19 heavy (non-hydrogen) atoms. The Morgan fingerprint density at radius 2 is 2.00 bits per heavy atom. The number of hydrogen-bond donors (Lipinski definition) is 1. The minimum atomic E-state index is -0.855. The second-order valence-corrected chi connectivity index (χ2v) is 5.74. The summed E-state index contributed by atoms with van der Waals surface area (Å²) in [5.41, 5.74) is 0. The third-order valence-electron chi connectivity index (χ3n) is 3.93. The van der Waals surface area contributed by atoms with Gasteiger partial charge in [-0.15, -0.1) is 0 Å². The highest BCUT2D eigenvalue weighted by molar-refractivity contribution is 5.76. The molecule has 0 aliphatic carbocycles. The van der Waals surface area contributed by atoms with Crippen LogP contribution in [-0.2, 0) is 4.79 Å². The fourth-order valence-electron chi connectivity index (χ4n) is 2.49. The van der Waals surface area contributed by atoms with Crippen LogP contribution < -0.4 is 0 Å². The average Bonchev–Trinajstić information content (AvgIpc) is 2.37. The normalized spacial score (nSPS) is 24.9. The van der Waals surface area contributed by atoms with Gasteiger partial charge in [0.1, 0.15) is 0 Å². The number of urea groups is 1. The largest absolute Gasteiger partial charge is 0.481 e. The number of amides is 2.